The number of carbonyl (C=O) groups excluding carboxylic acids is 1. The fourth-order valence-electron chi connectivity index (χ4n) is 3.16. The molecule has 2 aliphatic rings. The Morgan fingerprint density at radius 3 is 2.65 bits per heavy atom. The molecule has 6 heteroatoms. The van der Waals surface area contributed by atoms with Crippen molar-refractivity contribution in [2.24, 2.45) is 5.41 Å². The lowest BCUT2D eigenvalue weighted by Gasteiger charge is -2.38. The van der Waals surface area contributed by atoms with E-state index in [1.165, 1.54) is 19.3 Å². The topological polar surface area (TPSA) is 32.3 Å². The van der Waals surface area contributed by atoms with Gasteiger partial charge in [-0.2, -0.15) is 0 Å². The highest BCUT2D eigenvalue weighted by atomic mass is 79.9. The molecule has 0 saturated carbocycles. The van der Waals surface area contributed by atoms with Crippen molar-refractivity contribution in [2.45, 2.75) is 25.7 Å². The normalized spacial score (nSPS) is 20.9. The highest BCUT2D eigenvalue weighted by molar-refractivity contribution is 9.11. The van der Waals surface area contributed by atoms with Gasteiger partial charge in [-0.1, -0.05) is 0 Å². The number of nitrogens with one attached hydrogen (secondary N) is 1. The number of likely N-dealkylation sites (tertiary alicyclic amines) is 1. The average Bonchev–Trinajstić information content (AvgIpc) is 3.00. The largest absolute Gasteiger partial charge is 0.342 e. The molecule has 0 aliphatic carbocycles. The lowest BCUT2D eigenvalue weighted by atomic mass is 9.78. The first-order valence-electron chi connectivity index (χ1n) is 6.90. The van der Waals surface area contributed by atoms with E-state index < -0.39 is 0 Å². The fraction of sp³-hybridized carbons (Fsp3) is 0.643. The van der Waals surface area contributed by atoms with Crippen LogP contribution in [0.2, 0.25) is 0 Å². The molecule has 1 amide bonds. The first-order chi connectivity index (χ1) is 9.17. The van der Waals surface area contributed by atoms with Crippen molar-refractivity contribution in [3.05, 3.63) is 20.8 Å². The zero-order valence-electron chi connectivity index (χ0n) is 11.4. The number of nitrogens with zero attached hydrogens (tertiary/aromatic N) is 1. The monoisotopic (exact) mass is 378 g/mol. The minimum absolute atomic E-state index is 0. The van der Waals surface area contributed by atoms with E-state index in [0.29, 0.717) is 11.8 Å². The Morgan fingerprint density at radius 1 is 1.35 bits per heavy atom. The van der Waals surface area contributed by atoms with Crippen molar-refractivity contribution >= 4 is 45.6 Å². The van der Waals surface area contributed by atoms with Gasteiger partial charge in [0.25, 0.3) is 0 Å². The van der Waals surface area contributed by atoms with E-state index in [1.807, 2.05) is 12.1 Å². The second-order valence-corrected chi connectivity index (χ2v) is 8.24. The molecule has 0 radical (unpaired) electrons. The standard InChI is InChI=1S/C14H19BrN2OS.ClH/c15-12-2-1-11(19-12)9-13(18)17-7-4-14(5-8-17)3-6-16-10-14;/h1-2,16H,3-10H2;1H. The number of halogens is 2. The zero-order chi connectivity index (χ0) is 13.3. The third kappa shape index (κ3) is 3.56. The van der Waals surface area contributed by atoms with Gasteiger partial charge in [0.1, 0.15) is 0 Å². The Bertz CT molecular complexity index is 463. The molecule has 20 heavy (non-hydrogen) atoms. The lowest BCUT2D eigenvalue weighted by molar-refractivity contribution is -0.132. The second kappa shape index (κ2) is 6.77. The van der Waals surface area contributed by atoms with Crippen LogP contribution in [0.1, 0.15) is 24.1 Å². The summed E-state index contributed by atoms with van der Waals surface area (Å²) in [7, 11) is 0. The van der Waals surface area contributed by atoms with E-state index in [-0.39, 0.29) is 18.3 Å². The molecule has 2 aliphatic heterocycles. The van der Waals surface area contributed by atoms with E-state index in [0.717, 1.165) is 34.8 Å². The number of hydrogen-bond acceptors (Lipinski definition) is 3. The van der Waals surface area contributed by atoms with Gasteiger partial charge in [-0.3, -0.25) is 4.79 Å². The van der Waals surface area contributed by atoms with Crippen molar-refractivity contribution in [1.29, 1.82) is 0 Å². The molecule has 112 valence electrons. The molecule has 2 fully saturated rings. The lowest BCUT2D eigenvalue weighted by Crippen LogP contribution is -2.44. The summed E-state index contributed by atoms with van der Waals surface area (Å²) in [5.74, 6) is 0.287. The predicted octanol–water partition coefficient (Wildman–Crippen LogP) is 3.08. The summed E-state index contributed by atoms with van der Waals surface area (Å²) in [5.41, 5.74) is 0.489. The number of hydrogen-bond donors (Lipinski definition) is 1. The molecule has 3 nitrogen and oxygen atoms in total. The first-order valence-corrected chi connectivity index (χ1v) is 8.51. The number of rotatable bonds is 2. The minimum Gasteiger partial charge on any atom is -0.342 e. The minimum atomic E-state index is 0. The molecule has 0 bridgehead atoms. The summed E-state index contributed by atoms with van der Waals surface area (Å²) in [6.07, 6.45) is 4.17. The first kappa shape index (κ1) is 16.3. The smallest absolute Gasteiger partial charge is 0.227 e. The van der Waals surface area contributed by atoms with Gasteiger partial charge < -0.3 is 10.2 Å². The number of amides is 1. The fourth-order valence-corrected chi connectivity index (χ4v) is 4.63. The van der Waals surface area contributed by atoms with Crippen LogP contribution < -0.4 is 5.32 Å². The highest BCUT2D eigenvalue weighted by Crippen LogP contribution is 2.37. The van der Waals surface area contributed by atoms with Crippen LogP contribution in [0.15, 0.2) is 15.9 Å². The molecule has 1 N–H and O–H groups in total. The third-order valence-electron chi connectivity index (χ3n) is 4.46. The van der Waals surface area contributed by atoms with E-state index in [2.05, 4.69) is 26.1 Å². The molecule has 1 aromatic heterocycles. The molecule has 0 unspecified atom stereocenters. The SMILES string of the molecule is Cl.O=C(Cc1ccc(Br)s1)N1CCC2(CCNC2)CC1. The van der Waals surface area contributed by atoms with Crippen molar-refractivity contribution in [1.82, 2.24) is 10.2 Å². The van der Waals surface area contributed by atoms with Gasteiger partial charge in [-0.05, 0) is 59.3 Å². The van der Waals surface area contributed by atoms with Crippen LogP contribution in [0.3, 0.4) is 0 Å². The number of carbonyl (C=O) groups is 1. The summed E-state index contributed by atoms with van der Waals surface area (Å²) >= 11 is 5.10. The van der Waals surface area contributed by atoms with Crippen LogP contribution in [0.5, 0.6) is 0 Å². The third-order valence-corrected chi connectivity index (χ3v) is 6.09. The van der Waals surface area contributed by atoms with Crippen LogP contribution in [-0.4, -0.2) is 37.0 Å². The maximum absolute atomic E-state index is 12.3. The van der Waals surface area contributed by atoms with Gasteiger partial charge in [0, 0.05) is 24.5 Å². The summed E-state index contributed by atoms with van der Waals surface area (Å²) < 4.78 is 1.10. The molecule has 1 aromatic rings. The zero-order valence-corrected chi connectivity index (χ0v) is 14.6. The van der Waals surface area contributed by atoms with Crippen LogP contribution in [0.25, 0.3) is 0 Å². The number of piperidine rings is 1. The molecular weight excluding hydrogens is 360 g/mol. The van der Waals surface area contributed by atoms with E-state index in [4.69, 9.17) is 0 Å². The molecule has 2 saturated heterocycles. The van der Waals surface area contributed by atoms with Gasteiger partial charge >= 0.3 is 0 Å². The van der Waals surface area contributed by atoms with Crippen LogP contribution in [0, 0.1) is 5.41 Å². The van der Waals surface area contributed by atoms with Crippen molar-refractivity contribution in [3.8, 4) is 0 Å². The van der Waals surface area contributed by atoms with Gasteiger partial charge in [0.2, 0.25) is 5.91 Å². The Hall–Kier alpha value is -0.100. The molecule has 0 atom stereocenters. The van der Waals surface area contributed by atoms with Gasteiger partial charge in [-0.25, -0.2) is 0 Å². The van der Waals surface area contributed by atoms with Crippen molar-refractivity contribution in [2.75, 3.05) is 26.2 Å². The molecular formula is C14H20BrClN2OS. The quantitative estimate of drug-likeness (QED) is 0.856. The van der Waals surface area contributed by atoms with Crippen molar-refractivity contribution < 1.29 is 4.79 Å². The molecule has 0 aromatic carbocycles. The summed E-state index contributed by atoms with van der Waals surface area (Å²) in [4.78, 5) is 15.5. The number of thiophene rings is 1. The van der Waals surface area contributed by atoms with Crippen LogP contribution >= 0.6 is 39.7 Å². The van der Waals surface area contributed by atoms with Crippen LogP contribution in [0.4, 0.5) is 0 Å². The second-order valence-electron chi connectivity index (χ2n) is 5.69. The summed E-state index contributed by atoms with van der Waals surface area (Å²) in [6.45, 7) is 4.17. The Morgan fingerprint density at radius 2 is 2.10 bits per heavy atom. The Labute approximate surface area is 138 Å². The highest BCUT2D eigenvalue weighted by Gasteiger charge is 2.37. The molecule has 3 heterocycles. The molecule has 1 spiro atoms. The van der Waals surface area contributed by atoms with E-state index in [1.54, 1.807) is 11.3 Å². The predicted molar refractivity (Wildman–Crippen MR) is 88.7 cm³/mol. The Balaban J connectivity index is 0.00000147. The van der Waals surface area contributed by atoms with Crippen LogP contribution in [-0.2, 0) is 11.2 Å². The summed E-state index contributed by atoms with van der Waals surface area (Å²) in [5, 5.41) is 3.46. The van der Waals surface area contributed by atoms with E-state index >= 15 is 0 Å². The van der Waals surface area contributed by atoms with Crippen molar-refractivity contribution in [3.63, 3.8) is 0 Å². The summed E-state index contributed by atoms with van der Waals surface area (Å²) in [6, 6.07) is 4.06. The molecule has 3 rings (SSSR count). The Kier molecular flexibility index (Phi) is 5.51. The average molecular weight is 380 g/mol. The van der Waals surface area contributed by atoms with Gasteiger partial charge in [0.05, 0.1) is 10.2 Å². The maximum Gasteiger partial charge on any atom is 0.227 e. The van der Waals surface area contributed by atoms with Gasteiger partial charge in [-0.15, -0.1) is 23.7 Å². The van der Waals surface area contributed by atoms with Gasteiger partial charge in [0.15, 0.2) is 0 Å². The van der Waals surface area contributed by atoms with E-state index in [9.17, 15) is 4.79 Å². The maximum atomic E-state index is 12.3.